The largest absolute Gasteiger partial charge is 0.447 e. The van der Waals surface area contributed by atoms with Crippen molar-refractivity contribution in [2.75, 3.05) is 5.32 Å². The minimum atomic E-state index is -4.10. The monoisotopic (exact) mass is 356 g/mol. The van der Waals surface area contributed by atoms with Crippen LogP contribution in [0.15, 0.2) is 45.9 Å². The first-order valence-electron chi connectivity index (χ1n) is 6.57. The number of esters is 1. The number of nitrogens with one attached hydrogen (secondary N) is 1. The average molecular weight is 356 g/mol. The van der Waals surface area contributed by atoms with E-state index in [2.05, 4.69) is 5.32 Å². The molecule has 3 N–H and O–H groups in total. The number of nitrogens with two attached hydrogens (primary N) is 1. The van der Waals surface area contributed by atoms with Crippen LogP contribution in [0.2, 0.25) is 0 Å². The van der Waals surface area contributed by atoms with Crippen LogP contribution in [0.4, 0.5) is 10.1 Å². The van der Waals surface area contributed by atoms with Gasteiger partial charge in [-0.15, -0.1) is 0 Å². The second kappa shape index (κ2) is 6.81. The van der Waals surface area contributed by atoms with Crippen LogP contribution in [-0.2, 0) is 19.6 Å². The van der Waals surface area contributed by atoms with E-state index in [-0.39, 0.29) is 5.69 Å². The van der Waals surface area contributed by atoms with Gasteiger partial charge in [-0.05, 0) is 31.2 Å². The van der Waals surface area contributed by atoms with Gasteiger partial charge in [-0.25, -0.2) is 22.7 Å². The van der Waals surface area contributed by atoms with Crippen molar-refractivity contribution >= 4 is 27.6 Å². The summed E-state index contributed by atoms with van der Waals surface area (Å²) in [5, 5.41) is 6.49. The standard InChI is InChI=1S/C14H13FN2O6S/c1-8(13(18)17-10-5-3-2-4-9(10)15)22-14(19)11-6-7-12(23-11)24(16,20)21/h2-8H,1H3,(H,17,18)(H2,16,20,21). The first kappa shape index (κ1) is 17.6. The van der Waals surface area contributed by atoms with Crippen LogP contribution in [0.5, 0.6) is 0 Å². The number of benzene rings is 1. The van der Waals surface area contributed by atoms with E-state index in [9.17, 15) is 22.4 Å². The maximum atomic E-state index is 13.4. The molecule has 2 rings (SSSR count). The molecule has 128 valence electrons. The van der Waals surface area contributed by atoms with Gasteiger partial charge in [0.05, 0.1) is 5.69 Å². The molecule has 10 heteroatoms. The number of sulfonamides is 1. The lowest BCUT2D eigenvalue weighted by Gasteiger charge is -2.13. The van der Waals surface area contributed by atoms with Crippen molar-refractivity contribution < 1.29 is 31.6 Å². The minimum Gasteiger partial charge on any atom is -0.447 e. The maximum Gasteiger partial charge on any atom is 0.375 e. The third kappa shape index (κ3) is 4.18. The summed E-state index contributed by atoms with van der Waals surface area (Å²) in [5.41, 5.74) is -0.0695. The van der Waals surface area contributed by atoms with Crippen molar-refractivity contribution in [1.29, 1.82) is 0 Å². The number of hydrogen-bond acceptors (Lipinski definition) is 6. The molecular weight excluding hydrogens is 343 g/mol. The van der Waals surface area contributed by atoms with E-state index < -0.39 is 44.7 Å². The zero-order chi connectivity index (χ0) is 17.9. The fourth-order valence-corrected chi connectivity index (χ4v) is 2.12. The summed E-state index contributed by atoms with van der Waals surface area (Å²) in [6.45, 7) is 1.26. The van der Waals surface area contributed by atoms with E-state index in [0.717, 1.165) is 18.2 Å². The smallest absolute Gasteiger partial charge is 0.375 e. The molecule has 0 aliphatic heterocycles. The number of rotatable bonds is 5. The first-order valence-corrected chi connectivity index (χ1v) is 8.12. The number of amides is 1. The Morgan fingerprint density at radius 2 is 1.92 bits per heavy atom. The van der Waals surface area contributed by atoms with E-state index in [1.807, 2.05) is 0 Å². The summed E-state index contributed by atoms with van der Waals surface area (Å²) >= 11 is 0. The molecule has 0 saturated heterocycles. The normalized spacial score (nSPS) is 12.5. The topological polar surface area (TPSA) is 129 Å². The van der Waals surface area contributed by atoms with E-state index in [1.54, 1.807) is 0 Å². The van der Waals surface area contributed by atoms with Gasteiger partial charge in [-0.3, -0.25) is 4.79 Å². The zero-order valence-electron chi connectivity index (χ0n) is 12.4. The molecule has 1 heterocycles. The molecule has 0 radical (unpaired) electrons. The number of ether oxygens (including phenoxy) is 1. The Labute approximate surface area is 136 Å². The van der Waals surface area contributed by atoms with Crippen molar-refractivity contribution in [3.63, 3.8) is 0 Å². The van der Waals surface area contributed by atoms with E-state index in [4.69, 9.17) is 14.3 Å². The second-order valence-electron chi connectivity index (χ2n) is 4.68. The highest BCUT2D eigenvalue weighted by molar-refractivity contribution is 7.89. The van der Waals surface area contributed by atoms with Gasteiger partial charge in [0, 0.05) is 0 Å². The van der Waals surface area contributed by atoms with Crippen molar-refractivity contribution in [1.82, 2.24) is 0 Å². The van der Waals surface area contributed by atoms with Crippen molar-refractivity contribution in [3.8, 4) is 0 Å². The Hall–Kier alpha value is -2.72. The summed E-state index contributed by atoms with van der Waals surface area (Å²) in [7, 11) is -4.10. The Morgan fingerprint density at radius 3 is 2.50 bits per heavy atom. The number of primary sulfonamides is 1. The van der Waals surface area contributed by atoms with Gasteiger partial charge in [0.25, 0.3) is 15.9 Å². The molecule has 0 aliphatic carbocycles. The van der Waals surface area contributed by atoms with Crippen LogP contribution in [0, 0.1) is 5.82 Å². The number of anilines is 1. The molecule has 24 heavy (non-hydrogen) atoms. The lowest BCUT2D eigenvalue weighted by Crippen LogP contribution is -2.30. The van der Waals surface area contributed by atoms with Crippen molar-refractivity contribution in [2.24, 2.45) is 5.14 Å². The number of carbonyl (C=O) groups is 2. The van der Waals surface area contributed by atoms with Crippen LogP contribution in [0.1, 0.15) is 17.5 Å². The minimum absolute atomic E-state index is 0.0695. The highest BCUT2D eigenvalue weighted by Crippen LogP contribution is 2.15. The van der Waals surface area contributed by atoms with Crippen LogP contribution in [-0.4, -0.2) is 26.4 Å². The van der Waals surface area contributed by atoms with Crippen LogP contribution in [0.25, 0.3) is 0 Å². The predicted molar refractivity (Wildman–Crippen MR) is 80.0 cm³/mol. The lowest BCUT2D eigenvalue weighted by atomic mass is 10.3. The number of para-hydroxylation sites is 1. The van der Waals surface area contributed by atoms with E-state index in [0.29, 0.717) is 0 Å². The molecule has 2 aromatic rings. The first-order chi connectivity index (χ1) is 11.2. The molecule has 1 amide bonds. The molecule has 0 spiro atoms. The quantitative estimate of drug-likeness (QED) is 0.776. The molecule has 0 fully saturated rings. The Kier molecular flexibility index (Phi) is 5.00. The molecule has 0 saturated carbocycles. The van der Waals surface area contributed by atoms with Gasteiger partial charge in [0.1, 0.15) is 5.82 Å². The number of carbonyl (C=O) groups excluding carboxylic acids is 2. The Balaban J connectivity index is 2.02. The summed E-state index contributed by atoms with van der Waals surface area (Å²) in [6, 6.07) is 7.50. The predicted octanol–water partition coefficient (Wildman–Crippen LogP) is 1.25. The summed E-state index contributed by atoms with van der Waals surface area (Å²) in [6.07, 6.45) is -1.28. The average Bonchev–Trinajstić information content (AvgIpc) is 2.99. The lowest BCUT2D eigenvalue weighted by molar-refractivity contribution is -0.123. The molecule has 1 aromatic heterocycles. The molecule has 1 atom stereocenters. The Bertz CT molecular complexity index is 877. The zero-order valence-corrected chi connectivity index (χ0v) is 13.2. The summed E-state index contributed by atoms with van der Waals surface area (Å²) < 4.78 is 45.2. The number of hydrogen-bond donors (Lipinski definition) is 2. The SMILES string of the molecule is CC(OC(=O)c1ccc(S(N)(=O)=O)o1)C(=O)Nc1ccccc1F. The second-order valence-corrected chi connectivity index (χ2v) is 6.17. The highest BCUT2D eigenvalue weighted by Gasteiger charge is 2.23. The summed E-state index contributed by atoms with van der Waals surface area (Å²) in [4.78, 5) is 23.7. The van der Waals surface area contributed by atoms with Crippen molar-refractivity contribution in [3.05, 3.63) is 48.0 Å². The molecule has 0 bridgehead atoms. The molecule has 1 unspecified atom stereocenters. The third-order valence-corrected chi connectivity index (χ3v) is 3.63. The molecular formula is C14H13FN2O6S. The Morgan fingerprint density at radius 1 is 1.25 bits per heavy atom. The maximum absolute atomic E-state index is 13.4. The molecule has 1 aromatic carbocycles. The van der Waals surface area contributed by atoms with Gasteiger partial charge in [0.15, 0.2) is 6.10 Å². The number of halogens is 1. The third-order valence-electron chi connectivity index (χ3n) is 2.85. The van der Waals surface area contributed by atoms with Crippen LogP contribution in [0.3, 0.4) is 0 Å². The van der Waals surface area contributed by atoms with Gasteiger partial charge >= 0.3 is 5.97 Å². The fourth-order valence-electron chi connectivity index (χ4n) is 1.65. The fraction of sp³-hybridized carbons (Fsp3) is 0.143. The number of furan rings is 1. The van der Waals surface area contributed by atoms with E-state index in [1.165, 1.54) is 25.1 Å². The van der Waals surface area contributed by atoms with Crippen molar-refractivity contribution in [2.45, 2.75) is 18.1 Å². The van der Waals surface area contributed by atoms with Gasteiger partial charge in [-0.1, -0.05) is 12.1 Å². The van der Waals surface area contributed by atoms with Gasteiger partial charge in [0.2, 0.25) is 10.9 Å². The molecule has 0 aliphatic rings. The molecule has 8 nitrogen and oxygen atoms in total. The summed E-state index contributed by atoms with van der Waals surface area (Å²) in [5.74, 6) is -2.93. The highest BCUT2D eigenvalue weighted by atomic mass is 32.2. The van der Waals surface area contributed by atoms with Crippen LogP contribution < -0.4 is 10.5 Å². The van der Waals surface area contributed by atoms with Gasteiger partial charge in [-0.2, -0.15) is 0 Å². The van der Waals surface area contributed by atoms with Crippen LogP contribution >= 0.6 is 0 Å². The van der Waals surface area contributed by atoms with E-state index >= 15 is 0 Å². The van der Waals surface area contributed by atoms with Gasteiger partial charge < -0.3 is 14.5 Å².